The van der Waals surface area contributed by atoms with Crippen molar-refractivity contribution in [2.45, 2.75) is 52.2 Å². The summed E-state index contributed by atoms with van der Waals surface area (Å²) in [4.78, 5) is 29.1. The van der Waals surface area contributed by atoms with Crippen molar-refractivity contribution in [2.75, 3.05) is 40.8 Å². The van der Waals surface area contributed by atoms with Crippen LogP contribution in [-0.4, -0.2) is 81.5 Å². The van der Waals surface area contributed by atoms with Crippen molar-refractivity contribution in [1.29, 1.82) is 0 Å². The number of amides is 2. The number of carbonyl (C=O) groups is 2. The summed E-state index contributed by atoms with van der Waals surface area (Å²) in [6.45, 7) is 5.39. The number of primary amides is 1. The maximum Gasteiger partial charge on any atom is 0.249 e. The van der Waals surface area contributed by atoms with E-state index in [0.717, 1.165) is 15.4 Å². The second-order valence-electron chi connectivity index (χ2n) is 11.7. The molecule has 0 aliphatic heterocycles. The molecule has 2 aromatic carbocycles. The molecule has 0 spiro atoms. The van der Waals surface area contributed by atoms with Gasteiger partial charge in [0.15, 0.2) is 0 Å². The number of hydrogen-bond donors (Lipinski definition) is 3. The number of hydrogen-bond acceptors (Lipinski definition) is 7. The Kier molecular flexibility index (Phi) is 12.9. The van der Waals surface area contributed by atoms with Gasteiger partial charge in [-0.2, -0.15) is 0 Å². The van der Waals surface area contributed by atoms with Crippen LogP contribution in [0.3, 0.4) is 0 Å². The maximum absolute atomic E-state index is 13.9. The van der Waals surface area contributed by atoms with Crippen molar-refractivity contribution >= 4 is 21.8 Å². The third kappa shape index (κ3) is 8.82. The van der Waals surface area contributed by atoms with Gasteiger partial charge >= 0.3 is 0 Å². The minimum absolute atomic E-state index is 0.0815. The predicted molar refractivity (Wildman–Crippen MR) is 177 cm³/mol. The number of carbonyl (C=O) groups excluding carboxylic acids is 2. The van der Waals surface area contributed by atoms with Crippen molar-refractivity contribution in [3.63, 3.8) is 0 Å². The average Bonchev–Trinajstić information content (AvgIpc) is 3.03. The van der Waals surface area contributed by atoms with E-state index in [1.807, 2.05) is 68.4 Å². The topological polar surface area (TPSA) is 142 Å². The molecule has 1 unspecified atom stereocenters. The molecule has 0 radical (unpaired) electrons. The van der Waals surface area contributed by atoms with Gasteiger partial charge in [0, 0.05) is 51.8 Å². The number of allylic oxidation sites excluding steroid dienone is 1. The van der Waals surface area contributed by atoms with Crippen molar-refractivity contribution in [3.05, 3.63) is 88.4 Å². The fraction of sp³-hybridized carbons (Fsp3) is 0.471. The standard InChI is InChI=1S/C34H48N4O6S/c1-6-16-38(17-7-2)32(40)27-20-29(45(42,43)37(3)4)22-34(21-27,33(35)41)30(19-25-12-9-8-10-13-25)31(39)24-36-23-26-14-11-15-28(18-26)44-5/h8-15,18,20,22,30-31,36,39H,6-7,16-17,19,21,23-24H2,1-5H3,(H2,35,41)/t30-,31+,34?/m1/s1. The summed E-state index contributed by atoms with van der Waals surface area (Å²) in [6.07, 6.45) is 3.10. The van der Waals surface area contributed by atoms with E-state index in [-0.39, 0.29) is 35.8 Å². The smallest absolute Gasteiger partial charge is 0.249 e. The van der Waals surface area contributed by atoms with Gasteiger partial charge in [0.2, 0.25) is 21.8 Å². The zero-order chi connectivity index (χ0) is 33.2. The van der Waals surface area contributed by atoms with Gasteiger partial charge in [0.25, 0.3) is 0 Å². The van der Waals surface area contributed by atoms with Gasteiger partial charge in [-0.25, -0.2) is 12.7 Å². The second kappa shape index (κ2) is 16.2. The number of benzene rings is 2. The lowest BCUT2D eigenvalue weighted by Crippen LogP contribution is -2.52. The van der Waals surface area contributed by atoms with Crippen molar-refractivity contribution in [3.8, 4) is 5.75 Å². The summed E-state index contributed by atoms with van der Waals surface area (Å²) in [6, 6.07) is 16.9. The Labute approximate surface area is 268 Å². The van der Waals surface area contributed by atoms with Crippen LogP contribution in [0.15, 0.2) is 77.2 Å². The molecule has 0 heterocycles. The number of nitrogens with two attached hydrogens (primary N) is 1. The number of nitrogens with zero attached hydrogens (tertiary/aromatic N) is 2. The first-order valence-electron chi connectivity index (χ1n) is 15.4. The van der Waals surface area contributed by atoms with Crippen LogP contribution in [0, 0.1) is 11.3 Å². The third-order valence-electron chi connectivity index (χ3n) is 8.23. The van der Waals surface area contributed by atoms with E-state index >= 15 is 0 Å². The molecule has 0 saturated carbocycles. The highest BCUT2D eigenvalue weighted by Gasteiger charge is 2.50. The van der Waals surface area contributed by atoms with Crippen LogP contribution in [0.5, 0.6) is 5.75 Å². The van der Waals surface area contributed by atoms with E-state index in [4.69, 9.17) is 10.5 Å². The molecule has 11 heteroatoms. The van der Waals surface area contributed by atoms with Crippen molar-refractivity contribution < 1.29 is 27.9 Å². The summed E-state index contributed by atoms with van der Waals surface area (Å²) < 4.78 is 33.5. The van der Waals surface area contributed by atoms with Crippen molar-refractivity contribution in [2.24, 2.45) is 17.1 Å². The van der Waals surface area contributed by atoms with Gasteiger partial charge < -0.3 is 25.8 Å². The normalized spacial score (nSPS) is 18.1. The molecule has 10 nitrogen and oxygen atoms in total. The molecule has 3 atom stereocenters. The Morgan fingerprint density at radius 1 is 1.04 bits per heavy atom. The lowest BCUT2D eigenvalue weighted by molar-refractivity contribution is -0.132. The average molecular weight is 641 g/mol. The zero-order valence-electron chi connectivity index (χ0n) is 27.0. The first kappa shape index (κ1) is 36.0. The van der Waals surface area contributed by atoms with Crippen LogP contribution in [-0.2, 0) is 32.6 Å². The lowest BCUT2D eigenvalue weighted by Gasteiger charge is -2.42. The van der Waals surface area contributed by atoms with E-state index < -0.39 is 33.4 Å². The predicted octanol–water partition coefficient (Wildman–Crippen LogP) is 3.23. The molecule has 3 rings (SSSR count). The third-order valence-corrected chi connectivity index (χ3v) is 10.0. The van der Waals surface area contributed by atoms with E-state index in [0.29, 0.717) is 38.2 Å². The van der Waals surface area contributed by atoms with Crippen LogP contribution in [0.25, 0.3) is 0 Å². The highest BCUT2D eigenvalue weighted by molar-refractivity contribution is 7.93. The quantitative estimate of drug-likeness (QED) is 0.241. The fourth-order valence-electron chi connectivity index (χ4n) is 5.84. The fourth-order valence-corrected chi connectivity index (χ4v) is 6.91. The first-order chi connectivity index (χ1) is 21.4. The largest absolute Gasteiger partial charge is 0.497 e. The Morgan fingerprint density at radius 2 is 1.69 bits per heavy atom. The molecule has 0 fully saturated rings. The summed E-state index contributed by atoms with van der Waals surface area (Å²) in [5, 5.41) is 15.1. The Morgan fingerprint density at radius 3 is 2.27 bits per heavy atom. The molecule has 1 aliphatic carbocycles. The number of sulfonamides is 1. The molecule has 0 bridgehead atoms. The van der Waals surface area contributed by atoms with E-state index in [2.05, 4.69) is 5.32 Å². The maximum atomic E-state index is 13.9. The van der Waals surface area contributed by atoms with Crippen LogP contribution in [0.2, 0.25) is 0 Å². The molecular formula is C34H48N4O6S. The molecule has 0 saturated heterocycles. The number of ether oxygens (including phenoxy) is 1. The Bertz CT molecular complexity index is 1470. The molecule has 246 valence electrons. The number of aliphatic hydroxyl groups excluding tert-OH is 1. The van der Waals surface area contributed by atoms with Crippen molar-refractivity contribution in [1.82, 2.24) is 14.5 Å². The van der Waals surface area contributed by atoms with Crippen LogP contribution in [0.4, 0.5) is 0 Å². The van der Waals surface area contributed by atoms with Crippen LogP contribution < -0.4 is 15.8 Å². The van der Waals surface area contributed by atoms with E-state index in [9.17, 15) is 23.1 Å². The molecule has 4 N–H and O–H groups in total. The van der Waals surface area contributed by atoms with Gasteiger partial charge in [0.05, 0.1) is 23.5 Å². The molecule has 1 aliphatic rings. The Balaban J connectivity index is 2.11. The second-order valence-corrected chi connectivity index (χ2v) is 13.9. The highest BCUT2D eigenvalue weighted by atomic mass is 32.2. The number of aliphatic hydroxyl groups is 1. The minimum Gasteiger partial charge on any atom is -0.497 e. The minimum atomic E-state index is -4.08. The van der Waals surface area contributed by atoms with Gasteiger partial charge in [-0.05, 0) is 61.1 Å². The summed E-state index contributed by atoms with van der Waals surface area (Å²) in [5.41, 5.74) is 6.45. The molecular weight excluding hydrogens is 592 g/mol. The zero-order valence-corrected chi connectivity index (χ0v) is 27.8. The first-order valence-corrected chi connectivity index (χ1v) is 16.8. The number of rotatable bonds is 17. The summed E-state index contributed by atoms with van der Waals surface area (Å²) in [5.74, 6) is -1.31. The van der Waals surface area contributed by atoms with Crippen LogP contribution in [0.1, 0.15) is 44.2 Å². The van der Waals surface area contributed by atoms with Crippen LogP contribution >= 0.6 is 0 Å². The number of methoxy groups -OCH3 is 1. The number of nitrogens with one attached hydrogen (secondary N) is 1. The SMILES string of the molecule is CCCN(CCC)C(=O)C1=CC(S(=O)(=O)N(C)C)=CC(C(N)=O)([C@H](Cc2ccccc2)[C@@H](O)CNCc2cccc(OC)c2)C1. The summed E-state index contributed by atoms with van der Waals surface area (Å²) in [7, 11) is 0.297. The lowest BCUT2D eigenvalue weighted by atomic mass is 9.64. The van der Waals surface area contributed by atoms with Gasteiger partial charge in [-0.1, -0.05) is 56.3 Å². The highest BCUT2D eigenvalue weighted by Crippen LogP contribution is 2.45. The van der Waals surface area contributed by atoms with Gasteiger partial charge in [0.1, 0.15) is 5.75 Å². The monoisotopic (exact) mass is 640 g/mol. The molecule has 2 amide bonds. The molecule has 45 heavy (non-hydrogen) atoms. The Hall–Kier alpha value is -3.51. The van der Waals surface area contributed by atoms with Gasteiger partial charge in [-0.15, -0.1) is 0 Å². The van der Waals surface area contributed by atoms with Gasteiger partial charge in [-0.3, -0.25) is 9.59 Å². The molecule has 0 aromatic heterocycles. The summed E-state index contributed by atoms with van der Waals surface area (Å²) >= 11 is 0. The molecule has 2 aromatic rings. The van der Waals surface area contributed by atoms with E-state index in [1.165, 1.54) is 26.2 Å². The van der Waals surface area contributed by atoms with E-state index in [1.54, 1.807) is 12.0 Å².